The first kappa shape index (κ1) is 16.5. The fourth-order valence-electron chi connectivity index (χ4n) is 3.87. The Morgan fingerprint density at radius 1 is 1.40 bits per heavy atom. The van der Waals surface area contributed by atoms with E-state index in [0.29, 0.717) is 42.6 Å². The molecule has 2 aromatic heterocycles. The van der Waals surface area contributed by atoms with E-state index in [9.17, 15) is 4.79 Å². The second-order valence-electron chi connectivity index (χ2n) is 7.84. The van der Waals surface area contributed by atoms with Gasteiger partial charge in [0.05, 0.1) is 35.4 Å². The summed E-state index contributed by atoms with van der Waals surface area (Å²) in [5.74, 6) is 0.779. The highest BCUT2D eigenvalue weighted by atomic mass is 16.5. The third-order valence-corrected chi connectivity index (χ3v) is 5.63. The Morgan fingerprint density at radius 3 is 2.84 bits per heavy atom. The highest BCUT2D eigenvalue weighted by Gasteiger charge is 2.49. The lowest BCUT2D eigenvalue weighted by molar-refractivity contribution is -0.0546. The summed E-state index contributed by atoms with van der Waals surface area (Å²) >= 11 is 0. The van der Waals surface area contributed by atoms with E-state index in [1.165, 1.54) is 12.8 Å². The number of amides is 1. The van der Waals surface area contributed by atoms with Crippen molar-refractivity contribution < 1.29 is 14.1 Å². The molecule has 1 atom stereocenters. The normalized spacial score (nSPS) is 24.3. The van der Waals surface area contributed by atoms with Gasteiger partial charge in [0.25, 0.3) is 11.6 Å². The minimum Gasteiger partial charge on any atom is -0.377 e. The van der Waals surface area contributed by atoms with Crippen LogP contribution in [0.5, 0.6) is 0 Å². The predicted molar refractivity (Wildman–Crippen MR) is 93.6 cm³/mol. The molecule has 1 aliphatic carbocycles. The largest absolute Gasteiger partial charge is 0.377 e. The van der Waals surface area contributed by atoms with Crippen molar-refractivity contribution in [3.05, 3.63) is 23.0 Å². The van der Waals surface area contributed by atoms with Crippen molar-refractivity contribution in [2.24, 2.45) is 5.92 Å². The number of carbonyl (C=O) groups is 1. The standard InChI is InChI=1S/C19H25N3O3/c1-11(2)15-9-14(16-12(3)21-25-17(16)20-15)18(23)22-7-8-24-10-19(22,4)13-5-6-13/h9,11,13H,5-8,10H2,1-4H3. The number of hydrogen-bond acceptors (Lipinski definition) is 5. The molecule has 1 amide bonds. The van der Waals surface area contributed by atoms with Gasteiger partial charge in [0.2, 0.25) is 0 Å². The first-order chi connectivity index (χ1) is 11.9. The fourth-order valence-corrected chi connectivity index (χ4v) is 3.87. The molecule has 6 heteroatoms. The van der Waals surface area contributed by atoms with E-state index in [4.69, 9.17) is 9.26 Å². The topological polar surface area (TPSA) is 68.5 Å². The highest BCUT2D eigenvalue weighted by molar-refractivity contribution is 6.06. The lowest BCUT2D eigenvalue weighted by atomic mass is 9.91. The van der Waals surface area contributed by atoms with Crippen molar-refractivity contribution in [2.45, 2.75) is 52.0 Å². The Labute approximate surface area is 147 Å². The van der Waals surface area contributed by atoms with E-state index in [0.717, 1.165) is 11.1 Å². The Bertz CT molecular complexity index is 825. The maximum absolute atomic E-state index is 13.6. The smallest absolute Gasteiger partial charge is 0.259 e. The Balaban J connectivity index is 1.82. The quantitative estimate of drug-likeness (QED) is 0.855. The van der Waals surface area contributed by atoms with Gasteiger partial charge in [0.15, 0.2) is 0 Å². The van der Waals surface area contributed by atoms with Crippen LogP contribution in [0.2, 0.25) is 0 Å². The second kappa shape index (κ2) is 5.80. The van der Waals surface area contributed by atoms with Gasteiger partial charge in [0, 0.05) is 12.2 Å². The van der Waals surface area contributed by atoms with Gasteiger partial charge < -0.3 is 14.2 Å². The number of morpholine rings is 1. The molecule has 2 fully saturated rings. The number of nitrogens with zero attached hydrogens (tertiary/aromatic N) is 3. The van der Waals surface area contributed by atoms with Crippen LogP contribution in [-0.2, 0) is 4.74 Å². The molecule has 134 valence electrons. The zero-order valence-corrected chi connectivity index (χ0v) is 15.3. The molecule has 0 spiro atoms. The van der Waals surface area contributed by atoms with E-state index >= 15 is 0 Å². The van der Waals surface area contributed by atoms with Gasteiger partial charge in [-0.2, -0.15) is 0 Å². The van der Waals surface area contributed by atoms with Gasteiger partial charge >= 0.3 is 0 Å². The fraction of sp³-hybridized carbons (Fsp3) is 0.632. The van der Waals surface area contributed by atoms with Gasteiger partial charge in [-0.25, -0.2) is 4.98 Å². The third-order valence-electron chi connectivity index (χ3n) is 5.63. The summed E-state index contributed by atoms with van der Waals surface area (Å²) in [5.41, 5.74) is 2.44. The number of fused-ring (bicyclic) bond motifs is 1. The molecule has 1 aliphatic heterocycles. The van der Waals surface area contributed by atoms with Crippen molar-refractivity contribution in [2.75, 3.05) is 19.8 Å². The number of aryl methyl sites for hydroxylation is 1. The van der Waals surface area contributed by atoms with Crippen LogP contribution in [-0.4, -0.2) is 46.2 Å². The molecule has 2 aromatic rings. The number of rotatable bonds is 3. The molecule has 0 radical (unpaired) electrons. The van der Waals surface area contributed by atoms with Gasteiger partial charge in [-0.3, -0.25) is 4.79 Å². The van der Waals surface area contributed by atoms with E-state index in [1.807, 2.05) is 17.9 Å². The number of pyridine rings is 1. The highest BCUT2D eigenvalue weighted by Crippen LogP contribution is 2.45. The van der Waals surface area contributed by atoms with Crippen LogP contribution in [0.15, 0.2) is 10.6 Å². The maximum atomic E-state index is 13.6. The minimum absolute atomic E-state index is 0.0401. The summed E-state index contributed by atoms with van der Waals surface area (Å²) < 4.78 is 11.1. The molecule has 0 bridgehead atoms. The van der Waals surface area contributed by atoms with Crippen LogP contribution >= 0.6 is 0 Å². The second-order valence-corrected chi connectivity index (χ2v) is 7.84. The molecule has 1 saturated carbocycles. The number of aromatic nitrogens is 2. The Kier molecular flexibility index (Phi) is 3.83. The van der Waals surface area contributed by atoms with Crippen LogP contribution in [0.25, 0.3) is 11.1 Å². The molecule has 25 heavy (non-hydrogen) atoms. The van der Waals surface area contributed by atoms with Crippen LogP contribution < -0.4 is 0 Å². The molecular weight excluding hydrogens is 318 g/mol. The van der Waals surface area contributed by atoms with Crippen molar-refractivity contribution in [1.29, 1.82) is 0 Å². The molecule has 2 aliphatic rings. The first-order valence-electron chi connectivity index (χ1n) is 9.08. The Morgan fingerprint density at radius 2 is 2.16 bits per heavy atom. The zero-order valence-electron chi connectivity index (χ0n) is 15.3. The molecule has 0 aromatic carbocycles. The minimum atomic E-state index is -0.228. The lowest BCUT2D eigenvalue weighted by Crippen LogP contribution is -2.58. The van der Waals surface area contributed by atoms with Gasteiger partial charge in [-0.05, 0) is 44.6 Å². The molecule has 1 saturated heterocycles. The van der Waals surface area contributed by atoms with Crippen LogP contribution in [0.4, 0.5) is 0 Å². The predicted octanol–water partition coefficient (Wildman–Crippen LogP) is 3.30. The van der Waals surface area contributed by atoms with Gasteiger partial charge in [-0.15, -0.1) is 0 Å². The van der Waals surface area contributed by atoms with E-state index in [-0.39, 0.29) is 17.4 Å². The van der Waals surface area contributed by atoms with Crippen molar-refractivity contribution >= 4 is 17.0 Å². The molecule has 6 nitrogen and oxygen atoms in total. The van der Waals surface area contributed by atoms with Crippen molar-refractivity contribution in [3.63, 3.8) is 0 Å². The van der Waals surface area contributed by atoms with Crippen molar-refractivity contribution in [3.8, 4) is 0 Å². The summed E-state index contributed by atoms with van der Waals surface area (Å²) in [6.45, 7) is 9.96. The maximum Gasteiger partial charge on any atom is 0.259 e. The Hall–Kier alpha value is -1.95. The summed E-state index contributed by atoms with van der Waals surface area (Å²) in [6, 6.07) is 1.92. The third kappa shape index (κ3) is 2.63. The molecule has 1 unspecified atom stereocenters. The molecule has 4 rings (SSSR count). The number of ether oxygens (including phenoxy) is 1. The van der Waals surface area contributed by atoms with E-state index in [1.54, 1.807) is 0 Å². The average molecular weight is 343 g/mol. The number of carbonyl (C=O) groups excluding carboxylic acids is 1. The average Bonchev–Trinajstić information content (AvgIpc) is 3.39. The van der Waals surface area contributed by atoms with E-state index in [2.05, 4.69) is 30.9 Å². The molecular formula is C19H25N3O3. The summed E-state index contributed by atoms with van der Waals surface area (Å²) in [6.07, 6.45) is 2.33. The zero-order chi connectivity index (χ0) is 17.8. The van der Waals surface area contributed by atoms with Crippen LogP contribution in [0.1, 0.15) is 61.3 Å². The molecule has 0 N–H and O–H groups in total. The summed E-state index contributed by atoms with van der Waals surface area (Å²) in [4.78, 5) is 20.1. The first-order valence-corrected chi connectivity index (χ1v) is 9.08. The SMILES string of the molecule is Cc1noc2nc(C(C)C)cc(C(=O)N3CCOCC3(C)C3CC3)c12. The monoisotopic (exact) mass is 343 g/mol. The summed E-state index contributed by atoms with van der Waals surface area (Å²) in [5, 5.41) is 4.77. The van der Waals surface area contributed by atoms with Gasteiger partial charge in [0.1, 0.15) is 0 Å². The van der Waals surface area contributed by atoms with Gasteiger partial charge in [-0.1, -0.05) is 19.0 Å². The van der Waals surface area contributed by atoms with Crippen LogP contribution in [0, 0.1) is 12.8 Å². The van der Waals surface area contributed by atoms with E-state index < -0.39 is 0 Å². The van der Waals surface area contributed by atoms with Crippen molar-refractivity contribution in [1.82, 2.24) is 15.0 Å². The van der Waals surface area contributed by atoms with Crippen LogP contribution in [0.3, 0.4) is 0 Å². The lowest BCUT2D eigenvalue weighted by Gasteiger charge is -2.45. The molecule has 3 heterocycles. The summed E-state index contributed by atoms with van der Waals surface area (Å²) in [7, 11) is 0. The number of hydrogen-bond donors (Lipinski definition) is 0.